The van der Waals surface area contributed by atoms with E-state index in [9.17, 15) is 4.79 Å². The molecule has 0 aliphatic heterocycles. The van der Waals surface area contributed by atoms with Gasteiger partial charge in [0.2, 0.25) is 0 Å². The second-order valence-electron chi connectivity index (χ2n) is 6.62. The number of hydrogen-bond acceptors (Lipinski definition) is 4. The minimum absolute atomic E-state index is 0.261. The molecule has 136 valence electrons. The molecule has 1 atom stereocenters. The molecule has 1 aliphatic carbocycles. The third kappa shape index (κ3) is 4.51. The van der Waals surface area contributed by atoms with Crippen molar-refractivity contribution in [3.63, 3.8) is 0 Å². The maximum Gasteiger partial charge on any atom is 0.160 e. The summed E-state index contributed by atoms with van der Waals surface area (Å²) in [6.45, 7) is 0.680. The van der Waals surface area contributed by atoms with Crippen LogP contribution in [0.4, 0.5) is 0 Å². The molecule has 2 aromatic rings. The third-order valence-corrected chi connectivity index (χ3v) is 4.81. The van der Waals surface area contributed by atoms with E-state index in [-0.39, 0.29) is 11.7 Å². The van der Waals surface area contributed by atoms with E-state index in [4.69, 9.17) is 14.5 Å². The van der Waals surface area contributed by atoms with E-state index >= 15 is 0 Å². The van der Waals surface area contributed by atoms with Gasteiger partial charge in [-0.3, -0.25) is 9.79 Å². The zero-order chi connectivity index (χ0) is 18.4. The van der Waals surface area contributed by atoms with Crippen LogP contribution in [0.3, 0.4) is 0 Å². The molecule has 2 aromatic carbocycles. The molecule has 0 radical (unpaired) electrons. The summed E-state index contributed by atoms with van der Waals surface area (Å²) < 4.78 is 10.6. The van der Waals surface area contributed by atoms with E-state index in [1.807, 2.05) is 36.4 Å². The molecule has 4 heteroatoms. The Kier molecular flexibility index (Phi) is 6.05. The Balaban J connectivity index is 1.63. The molecule has 0 unspecified atom stereocenters. The van der Waals surface area contributed by atoms with E-state index in [1.54, 1.807) is 14.2 Å². The maximum atomic E-state index is 12.1. The fourth-order valence-corrected chi connectivity index (χ4v) is 3.46. The molecule has 1 saturated carbocycles. The van der Waals surface area contributed by atoms with Crippen LogP contribution < -0.4 is 9.47 Å². The lowest BCUT2D eigenvalue weighted by molar-refractivity contribution is -0.118. The van der Waals surface area contributed by atoms with Crippen molar-refractivity contribution in [3.05, 3.63) is 59.7 Å². The van der Waals surface area contributed by atoms with Crippen molar-refractivity contribution < 1.29 is 14.3 Å². The van der Waals surface area contributed by atoms with Crippen LogP contribution in [0.25, 0.3) is 0 Å². The van der Waals surface area contributed by atoms with Gasteiger partial charge in [0, 0.05) is 25.1 Å². The Labute approximate surface area is 154 Å². The summed E-state index contributed by atoms with van der Waals surface area (Å²) in [6, 6.07) is 16.2. The minimum Gasteiger partial charge on any atom is -0.493 e. The van der Waals surface area contributed by atoms with Gasteiger partial charge in [-0.05, 0) is 42.0 Å². The van der Waals surface area contributed by atoms with Crippen molar-refractivity contribution in [1.82, 2.24) is 0 Å². The summed E-state index contributed by atoms with van der Waals surface area (Å²) in [5.74, 6) is 2.01. The Morgan fingerprint density at radius 1 is 1.00 bits per heavy atom. The highest BCUT2D eigenvalue weighted by Crippen LogP contribution is 2.30. The summed E-state index contributed by atoms with van der Waals surface area (Å²) in [7, 11) is 3.27. The van der Waals surface area contributed by atoms with Crippen molar-refractivity contribution in [3.8, 4) is 11.5 Å². The number of carbonyl (C=O) groups excluding carboxylic acids is 1. The van der Waals surface area contributed by atoms with Gasteiger partial charge in [-0.15, -0.1) is 0 Å². The van der Waals surface area contributed by atoms with E-state index in [2.05, 4.69) is 12.1 Å². The molecular weight excluding hydrogens is 326 g/mol. The zero-order valence-corrected chi connectivity index (χ0v) is 15.4. The topological polar surface area (TPSA) is 47.9 Å². The van der Waals surface area contributed by atoms with Crippen LogP contribution in [-0.4, -0.2) is 32.3 Å². The lowest BCUT2D eigenvalue weighted by Crippen LogP contribution is -2.22. The SMILES string of the molecule is COc1ccc(CCN=C2CC(=O)C[C@H](c3ccccc3)C2)cc1OC. The number of carbonyl (C=O) groups is 1. The predicted molar refractivity (Wildman–Crippen MR) is 104 cm³/mol. The van der Waals surface area contributed by atoms with E-state index in [0.717, 1.165) is 35.6 Å². The first-order valence-electron chi connectivity index (χ1n) is 8.99. The van der Waals surface area contributed by atoms with Gasteiger partial charge in [-0.2, -0.15) is 0 Å². The number of Topliss-reactive ketones (excluding diaryl/α,β-unsaturated/α-hetero) is 1. The molecule has 1 aliphatic rings. The lowest BCUT2D eigenvalue weighted by Gasteiger charge is -2.23. The predicted octanol–water partition coefficient (Wildman–Crippen LogP) is 4.22. The molecule has 1 fully saturated rings. The molecule has 0 aromatic heterocycles. The van der Waals surface area contributed by atoms with Gasteiger partial charge in [0.1, 0.15) is 5.78 Å². The number of methoxy groups -OCH3 is 2. The van der Waals surface area contributed by atoms with Crippen LogP contribution in [-0.2, 0) is 11.2 Å². The Morgan fingerprint density at radius 3 is 2.50 bits per heavy atom. The Hall–Kier alpha value is -2.62. The highest BCUT2D eigenvalue weighted by Gasteiger charge is 2.24. The average Bonchev–Trinajstić information content (AvgIpc) is 2.68. The number of benzene rings is 2. The number of aliphatic imine (C=N–C) groups is 1. The maximum absolute atomic E-state index is 12.1. The van der Waals surface area contributed by atoms with Crippen molar-refractivity contribution in [2.45, 2.75) is 31.6 Å². The summed E-state index contributed by atoms with van der Waals surface area (Å²) in [6.07, 6.45) is 2.81. The normalized spacial score (nSPS) is 18.8. The van der Waals surface area contributed by atoms with E-state index in [1.165, 1.54) is 5.56 Å². The average molecular weight is 351 g/mol. The Bertz CT molecular complexity index is 783. The van der Waals surface area contributed by atoms with Crippen molar-refractivity contribution in [1.29, 1.82) is 0 Å². The molecule has 0 bridgehead atoms. The second kappa shape index (κ2) is 8.65. The van der Waals surface area contributed by atoms with Gasteiger partial charge in [-0.25, -0.2) is 0 Å². The lowest BCUT2D eigenvalue weighted by atomic mass is 9.82. The molecule has 3 rings (SSSR count). The van der Waals surface area contributed by atoms with Crippen LogP contribution in [0.15, 0.2) is 53.5 Å². The monoisotopic (exact) mass is 351 g/mol. The van der Waals surface area contributed by atoms with Crippen LogP contribution in [0.1, 0.15) is 36.3 Å². The first kappa shape index (κ1) is 18.2. The number of rotatable bonds is 6. The fourth-order valence-electron chi connectivity index (χ4n) is 3.46. The second-order valence-corrected chi connectivity index (χ2v) is 6.62. The van der Waals surface area contributed by atoms with Crippen molar-refractivity contribution >= 4 is 11.5 Å². The smallest absolute Gasteiger partial charge is 0.160 e. The highest BCUT2D eigenvalue weighted by molar-refractivity contribution is 6.05. The van der Waals surface area contributed by atoms with Crippen molar-refractivity contribution in [2.24, 2.45) is 4.99 Å². The van der Waals surface area contributed by atoms with Crippen LogP contribution in [0.5, 0.6) is 11.5 Å². The minimum atomic E-state index is 0.261. The molecule has 0 N–H and O–H groups in total. The van der Waals surface area contributed by atoms with Gasteiger partial charge in [0.25, 0.3) is 0 Å². The van der Waals surface area contributed by atoms with Crippen LogP contribution in [0, 0.1) is 0 Å². The number of nitrogens with zero attached hydrogens (tertiary/aromatic N) is 1. The molecule has 0 saturated heterocycles. The molecular formula is C22H25NO3. The summed E-state index contributed by atoms with van der Waals surface area (Å²) in [4.78, 5) is 16.9. The van der Waals surface area contributed by atoms with Crippen LogP contribution >= 0.6 is 0 Å². The van der Waals surface area contributed by atoms with Gasteiger partial charge >= 0.3 is 0 Å². The quantitative estimate of drug-likeness (QED) is 0.783. The summed E-state index contributed by atoms with van der Waals surface area (Å²) >= 11 is 0. The molecule has 26 heavy (non-hydrogen) atoms. The van der Waals surface area contributed by atoms with Gasteiger partial charge in [0.15, 0.2) is 11.5 Å². The first-order chi connectivity index (χ1) is 12.7. The number of ketones is 1. The fraction of sp³-hybridized carbons (Fsp3) is 0.364. The van der Waals surface area contributed by atoms with E-state index < -0.39 is 0 Å². The largest absolute Gasteiger partial charge is 0.493 e. The molecule has 0 spiro atoms. The van der Waals surface area contributed by atoms with E-state index in [0.29, 0.717) is 19.4 Å². The standard InChI is InChI=1S/C22H25NO3/c1-25-21-9-8-16(12-22(21)26-2)10-11-23-19-13-18(14-20(24)15-19)17-6-4-3-5-7-17/h3-9,12,18H,10-11,13-15H2,1-2H3/t18-/m1/s1. The highest BCUT2D eigenvalue weighted by atomic mass is 16.5. The Morgan fingerprint density at radius 2 is 1.77 bits per heavy atom. The number of ether oxygens (including phenoxy) is 2. The first-order valence-corrected chi connectivity index (χ1v) is 8.99. The van der Waals surface area contributed by atoms with Gasteiger partial charge in [-0.1, -0.05) is 36.4 Å². The molecule has 0 amide bonds. The van der Waals surface area contributed by atoms with Crippen LogP contribution in [0.2, 0.25) is 0 Å². The summed E-state index contributed by atoms with van der Waals surface area (Å²) in [5, 5.41) is 0. The summed E-state index contributed by atoms with van der Waals surface area (Å²) in [5.41, 5.74) is 3.40. The van der Waals surface area contributed by atoms with Crippen molar-refractivity contribution in [2.75, 3.05) is 20.8 Å². The zero-order valence-electron chi connectivity index (χ0n) is 15.4. The third-order valence-electron chi connectivity index (χ3n) is 4.81. The number of hydrogen-bond donors (Lipinski definition) is 0. The van der Waals surface area contributed by atoms with Gasteiger partial charge in [0.05, 0.1) is 14.2 Å². The molecule has 4 nitrogen and oxygen atoms in total. The molecule has 0 heterocycles. The van der Waals surface area contributed by atoms with Gasteiger partial charge < -0.3 is 9.47 Å².